The molecule has 0 aromatic heterocycles. The molecule has 0 spiro atoms. The van der Waals surface area contributed by atoms with Gasteiger partial charge in [-0.05, 0) is 18.8 Å². The van der Waals surface area contributed by atoms with Crippen LogP contribution in [0.2, 0.25) is 0 Å². The lowest BCUT2D eigenvalue weighted by molar-refractivity contribution is -0.149. The summed E-state index contributed by atoms with van der Waals surface area (Å²) in [4.78, 5) is 11.1. The van der Waals surface area contributed by atoms with Crippen molar-refractivity contribution in [1.82, 2.24) is 0 Å². The van der Waals surface area contributed by atoms with E-state index in [4.69, 9.17) is 9.84 Å². The van der Waals surface area contributed by atoms with Crippen molar-refractivity contribution in [2.75, 3.05) is 13.2 Å². The minimum Gasteiger partial charge on any atom is -0.481 e. The second kappa shape index (κ2) is 4.78. The Morgan fingerprint density at radius 2 is 2.29 bits per heavy atom. The van der Waals surface area contributed by atoms with Crippen LogP contribution in [-0.4, -0.2) is 24.3 Å². The summed E-state index contributed by atoms with van der Waals surface area (Å²) in [6.45, 7) is 5.34. The van der Waals surface area contributed by atoms with E-state index in [2.05, 4.69) is 13.8 Å². The fourth-order valence-corrected chi connectivity index (χ4v) is 1.93. The van der Waals surface area contributed by atoms with Crippen LogP contribution in [-0.2, 0) is 9.53 Å². The highest BCUT2D eigenvalue weighted by molar-refractivity contribution is 5.75. The summed E-state index contributed by atoms with van der Waals surface area (Å²) in [5.74, 6) is -0.0260. The van der Waals surface area contributed by atoms with Crippen LogP contribution in [0.25, 0.3) is 0 Å². The van der Waals surface area contributed by atoms with E-state index in [-0.39, 0.29) is 0 Å². The summed E-state index contributed by atoms with van der Waals surface area (Å²) in [7, 11) is 0. The number of hydrogen-bond donors (Lipinski definition) is 1. The summed E-state index contributed by atoms with van der Waals surface area (Å²) in [6.07, 6.45) is 3.54. The molecule has 3 heteroatoms. The first kappa shape index (κ1) is 11.5. The molecular weight excluding hydrogens is 180 g/mol. The summed E-state index contributed by atoms with van der Waals surface area (Å²) in [5.41, 5.74) is -0.575. The van der Waals surface area contributed by atoms with E-state index in [0.29, 0.717) is 25.6 Å². The predicted molar refractivity (Wildman–Crippen MR) is 54.2 cm³/mol. The third kappa shape index (κ3) is 2.71. The van der Waals surface area contributed by atoms with E-state index < -0.39 is 11.4 Å². The molecule has 1 aliphatic rings. The molecule has 1 saturated heterocycles. The second-order valence-corrected chi connectivity index (χ2v) is 4.67. The van der Waals surface area contributed by atoms with Crippen molar-refractivity contribution in [2.24, 2.45) is 11.3 Å². The van der Waals surface area contributed by atoms with Crippen molar-refractivity contribution in [1.29, 1.82) is 0 Å². The molecule has 1 rings (SSSR count). The number of aliphatic carboxylic acids is 1. The summed E-state index contributed by atoms with van der Waals surface area (Å²) in [5, 5.41) is 9.15. The average Bonchev–Trinajstić information content (AvgIpc) is 2.53. The zero-order valence-corrected chi connectivity index (χ0v) is 9.08. The van der Waals surface area contributed by atoms with Crippen LogP contribution in [0.3, 0.4) is 0 Å². The van der Waals surface area contributed by atoms with Crippen molar-refractivity contribution in [3.05, 3.63) is 0 Å². The van der Waals surface area contributed by atoms with Crippen LogP contribution < -0.4 is 0 Å². The van der Waals surface area contributed by atoms with Gasteiger partial charge in [0, 0.05) is 6.61 Å². The minimum absolute atomic E-state index is 0.403. The number of ether oxygens (including phenoxy) is 1. The first-order valence-electron chi connectivity index (χ1n) is 5.38. The van der Waals surface area contributed by atoms with Crippen molar-refractivity contribution in [2.45, 2.75) is 39.5 Å². The molecule has 0 radical (unpaired) electrons. The SMILES string of the molecule is CC(C)CCCC1(C(=O)O)CCOC1. The maximum Gasteiger partial charge on any atom is 0.312 e. The molecular formula is C11H20O3. The van der Waals surface area contributed by atoms with Gasteiger partial charge >= 0.3 is 5.97 Å². The Balaban J connectivity index is 2.40. The lowest BCUT2D eigenvalue weighted by Gasteiger charge is -2.22. The number of carboxylic acids is 1. The first-order valence-corrected chi connectivity index (χ1v) is 5.38. The lowest BCUT2D eigenvalue weighted by Crippen LogP contribution is -2.31. The van der Waals surface area contributed by atoms with Gasteiger partial charge in [0.25, 0.3) is 0 Å². The van der Waals surface area contributed by atoms with Crippen LogP contribution in [0.5, 0.6) is 0 Å². The zero-order chi connectivity index (χ0) is 10.6. The normalized spacial score (nSPS) is 27.1. The average molecular weight is 200 g/mol. The third-order valence-electron chi connectivity index (χ3n) is 2.99. The molecule has 1 N–H and O–H groups in total. The Morgan fingerprint density at radius 1 is 1.57 bits per heavy atom. The van der Waals surface area contributed by atoms with Gasteiger partial charge in [0.15, 0.2) is 0 Å². The van der Waals surface area contributed by atoms with Crippen molar-refractivity contribution in [3.63, 3.8) is 0 Å². The number of carbonyl (C=O) groups is 1. The van der Waals surface area contributed by atoms with Crippen LogP contribution in [0.1, 0.15) is 39.5 Å². The maximum absolute atomic E-state index is 11.1. The van der Waals surface area contributed by atoms with Crippen molar-refractivity contribution >= 4 is 5.97 Å². The summed E-state index contributed by atoms with van der Waals surface area (Å²) >= 11 is 0. The Kier molecular flexibility index (Phi) is 3.93. The van der Waals surface area contributed by atoms with Crippen LogP contribution in [0.4, 0.5) is 0 Å². The predicted octanol–water partition coefficient (Wildman–Crippen LogP) is 2.30. The Morgan fingerprint density at radius 3 is 2.71 bits per heavy atom. The summed E-state index contributed by atoms with van der Waals surface area (Å²) in [6, 6.07) is 0. The van der Waals surface area contributed by atoms with E-state index in [1.165, 1.54) is 0 Å². The Bertz CT molecular complexity index is 193. The lowest BCUT2D eigenvalue weighted by atomic mass is 9.81. The fraction of sp³-hybridized carbons (Fsp3) is 0.909. The molecule has 0 aromatic rings. The molecule has 0 aromatic carbocycles. The minimum atomic E-state index is -0.682. The third-order valence-corrected chi connectivity index (χ3v) is 2.99. The van der Waals surface area contributed by atoms with Gasteiger partial charge in [0.2, 0.25) is 0 Å². The molecule has 0 saturated carbocycles. The number of carboxylic acid groups (broad SMARTS) is 1. The molecule has 3 nitrogen and oxygen atoms in total. The van der Waals surface area contributed by atoms with E-state index >= 15 is 0 Å². The van der Waals surface area contributed by atoms with Gasteiger partial charge in [0.1, 0.15) is 0 Å². The van der Waals surface area contributed by atoms with Crippen LogP contribution in [0.15, 0.2) is 0 Å². The quantitative estimate of drug-likeness (QED) is 0.740. The number of hydrogen-bond acceptors (Lipinski definition) is 2. The highest BCUT2D eigenvalue weighted by atomic mass is 16.5. The molecule has 1 fully saturated rings. The van der Waals surface area contributed by atoms with Crippen LogP contribution >= 0.6 is 0 Å². The van der Waals surface area contributed by atoms with E-state index in [1.54, 1.807) is 0 Å². The first-order chi connectivity index (χ1) is 6.57. The topological polar surface area (TPSA) is 46.5 Å². The van der Waals surface area contributed by atoms with Gasteiger partial charge in [-0.3, -0.25) is 4.79 Å². The molecule has 0 aliphatic carbocycles. The molecule has 82 valence electrons. The molecule has 1 aliphatic heterocycles. The maximum atomic E-state index is 11.1. The highest BCUT2D eigenvalue weighted by Gasteiger charge is 2.41. The van der Waals surface area contributed by atoms with Gasteiger partial charge in [0.05, 0.1) is 12.0 Å². The van der Waals surface area contributed by atoms with Gasteiger partial charge in [-0.1, -0.05) is 26.7 Å². The number of rotatable bonds is 5. The molecule has 0 bridgehead atoms. The standard InChI is InChI=1S/C11H20O3/c1-9(2)4-3-5-11(10(12)13)6-7-14-8-11/h9H,3-8H2,1-2H3,(H,12,13). The van der Waals surface area contributed by atoms with E-state index in [1.807, 2.05) is 0 Å². The Labute approximate surface area is 85.5 Å². The Hall–Kier alpha value is -0.570. The van der Waals surface area contributed by atoms with Crippen LogP contribution in [0, 0.1) is 11.3 Å². The molecule has 1 atom stereocenters. The zero-order valence-electron chi connectivity index (χ0n) is 9.08. The van der Waals surface area contributed by atoms with Crippen molar-refractivity contribution in [3.8, 4) is 0 Å². The molecule has 0 amide bonds. The molecule has 1 heterocycles. The smallest absolute Gasteiger partial charge is 0.312 e. The second-order valence-electron chi connectivity index (χ2n) is 4.67. The van der Waals surface area contributed by atoms with Gasteiger partial charge in [-0.15, -0.1) is 0 Å². The van der Waals surface area contributed by atoms with Gasteiger partial charge in [-0.2, -0.15) is 0 Å². The highest BCUT2D eigenvalue weighted by Crippen LogP contribution is 2.34. The molecule has 1 unspecified atom stereocenters. The van der Waals surface area contributed by atoms with E-state index in [0.717, 1.165) is 19.3 Å². The monoisotopic (exact) mass is 200 g/mol. The van der Waals surface area contributed by atoms with E-state index in [9.17, 15) is 4.79 Å². The summed E-state index contributed by atoms with van der Waals surface area (Å²) < 4.78 is 5.20. The van der Waals surface area contributed by atoms with Gasteiger partial charge < -0.3 is 9.84 Å². The van der Waals surface area contributed by atoms with Gasteiger partial charge in [-0.25, -0.2) is 0 Å². The fourth-order valence-electron chi connectivity index (χ4n) is 1.93. The molecule has 14 heavy (non-hydrogen) atoms. The largest absolute Gasteiger partial charge is 0.481 e. The van der Waals surface area contributed by atoms with Crippen molar-refractivity contribution < 1.29 is 14.6 Å².